The standard InChI is InChI=1S/C20H16Cl2FNO4/c21-13-6-4-12(5-7-13)18(25)24-10-2-1-3-17(19(24)26)28-20(27)15-9-8-14(22)11-16(15)23/h4-9,11,17H,1-3,10H2. The van der Waals surface area contributed by atoms with Crippen molar-refractivity contribution in [2.45, 2.75) is 25.4 Å². The van der Waals surface area contributed by atoms with E-state index in [0.29, 0.717) is 23.4 Å². The van der Waals surface area contributed by atoms with Gasteiger partial charge in [0, 0.05) is 22.2 Å². The van der Waals surface area contributed by atoms with Crippen molar-refractivity contribution >= 4 is 41.0 Å². The van der Waals surface area contributed by atoms with Gasteiger partial charge in [0.1, 0.15) is 5.82 Å². The highest BCUT2D eigenvalue weighted by atomic mass is 35.5. The number of ether oxygens (including phenoxy) is 1. The summed E-state index contributed by atoms with van der Waals surface area (Å²) in [6.07, 6.45) is 0.247. The molecule has 1 saturated heterocycles. The molecular formula is C20H16Cl2FNO4. The number of hydrogen-bond acceptors (Lipinski definition) is 4. The molecule has 2 amide bonds. The summed E-state index contributed by atoms with van der Waals surface area (Å²) in [4.78, 5) is 38.9. The highest BCUT2D eigenvalue weighted by Crippen LogP contribution is 2.21. The van der Waals surface area contributed by atoms with E-state index in [4.69, 9.17) is 27.9 Å². The maximum absolute atomic E-state index is 13.9. The Balaban J connectivity index is 1.78. The number of amides is 2. The average molecular weight is 424 g/mol. The lowest BCUT2D eigenvalue weighted by atomic mass is 10.1. The molecule has 5 nitrogen and oxygen atoms in total. The first-order valence-corrected chi connectivity index (χ1v) is 9.39. The van der Waals surface area contributed by atoms with Crippen molar-refractivity contribution in [1.82, 2.24) is 4.90 Å². The molecule has 0 aliphatic carbocycles. The molecule has 0 N–H and O–H groups in total. The van der Waals surface area contributed by atoms with Gasteiger partial charge in [0.15, 0.2) is 6.10 Å². The van der Waals surface area contributed by atoms with E-state index in [-0.39, 0.29) is 23.6 Å². The number of imide groups is 1. The number of carbonyl (C=O) groups is 3. The number of likely N-dealkylation sites (tertiary alicyclic amines) is 1. The summed E-state index contributed by atoms with van der Waals surface area (Å²) < 4.78 is 19.2. The Hall–Kier alpha value is -2.44. The minimum absolute atomic E-state index is 0.138. The maximum atomic E-state index is 13.9. The van der Waals surface area contributed by atoms with Gasteiger partial charge in [-0.1, -0.05) is 23.2 Å². The highest BCUT2D eigenvalue weighted by Gasteiger charge is 2.34. The molecule has 0 saturated carbocycles. The van der Waals surface area contributed by atoms with Gasteiger partial charge in [0.05, 0.1) is 5.56 Å². The van der Waals surface area contributed by atoms with Gasteiger partial charge in [-0.25, -0.2) is 9.18 Å². The minimum Gasteiger partial charge on any atom is -0.449 e. The summed E-state index contributed by atoms with van der Waals surface area (Å²) in [7, 11) is 0. The number of halogens is 3. The van der Waals surface area contributed by atoms with Gasteiger partial charge >= 0.3 is 5.97 Å². The fourth-order valence-corrected chi connectivity index (χ4v) is 3.20. The SMILES string of the molecule is O=C(OC1CCCCN(C(=O)c2ccc(Cl)cc2)C1=O)c1ccc(Cl)cc1F. The summed E-state index contributed by atoms with van der Waals surface area (Å²) in [5.41, 5.74) is -0.0227. The Bertz CT molecular complexity index is 917. The van der Waals surface area contributed by atoms with Crippen LogP contribution in [0.5, 0.6) is 0 Å². The zero-order chi connectivity index (χ0) is 20.3. The molecule has 1 atom stereocenters. The lowest BCUT2D eigenvalue weighted by Crippen LogP contribution is -2.43. The first-order chi connectivity index (χ1) is 13.4. The van der Waals surface area contributed by atoms with Crippen LogP contribution < -0.4 is 0 Å². The highest BCUT2D eigenvalue weighted by molar-refractivity contribution is 6.31. The molecule has 1 aliphatic rings. The second-order valence-corrected chi connectivity index (χ2v) is 7.19. The van der Waals surface area contributed by atoms with Gasteiger partial charge in [0.25, 0.3) is 11.8 Å². The number of hydrogen-bond donors (Lipinski definition) is 0. The first kappa shape index (κ1) is 20.3. The molecule has 0 spiro atoms. The predicted octanol–water partition coefficient (Wildman–Crippen LogP) is 4.51. The lowest BCUT2D eigenvalue weighted by molar-refractivity contribution is -0.137. The molecule has 146 valence electrons. The molecule has 2 aromatic rings. The molecule has 28 heavy (non-hydrogen) atoms. The minimum atomic E-state index is -1.17. The maximum Gasteiger partial charge on any atom is 0.341 e. The monoisotopic (exact) mass is 423 g/mol. The van der Waals surface area contributed by atoms with Gasteiger partial charge in [-0.3, -0.25) is 14.5 Å². The zero-order valence-corrected chi connectivity index (χ0v) is 16.2. The third-order valence-corrected chi connectivity index (χ3v) is 4.86. The molecule has 1 heterocycles. The topological polar surface area (TPSA) is 63.7 Å². The molecule has 0 aromatic heterocycles. The zero-order valence-electron chi connectivity index (χ0n) is 14.7. The van der Waals surface area contributed by atoms with Crippen molar-refractivity contribution < 1.29 is 23.5 Å². The first-order valence-electron chi connectivity index (χ1n) is 8.64. The smallest absolute Gasteiger partial charge is 0.341 e. The molecule has 3 rings (SSSR count). The summed E-state index contributed by atoms with van der Waals surface area (Å²) in [5.74, 6) is -2.94. The third kappa shape index (κ3) is 4.51. The van der Waals surface area contributed by atoms with Crippen LogP contribution in [0.4, 0.5) is 4.39 Å². The van der Waals surface area contributed by atoms with E-state index >= 15 is 0 Å². The average Bonchev–Trinajstić information content (AvgIpc) is 2.83. The largest absolute Gasteiger partial charge is 0.449 e. The summed E-state index contributed by atoms with van der Waals surface area (Å²) in [5, 5.41) is 0.606. The lowest BCUT2D eigenvalue weighted by Gasteiger charge is -2.23. The normalized spacial score (nSPS) is 17.2. The van der Waals surface area contributed by atoms with Crippen LogP contribution in [-0.4, -0.2) is 35.3 Å². The Morgan fingerprint density at radius 1 is 1.04 bits per heavy atom. The fraction of sp³-hybridized carbons (Fsp3) is 0.250. The molecule has 8 heteroatoms. The summed E-state index contributed by atoms with van der Waals surface area (Å²) in [6.45, 7) is 0.212. The van der Waals surface area contributed by atoms with Crippen LogP contribution in [0.3, 0.4) is 0 Å². The van der Waals surface area contributed by atoms with Crippen molar-refractivity contribution in [2.75, 3.05) is 6.54 Å². The van der Waals surface area contributed by atoms with Crippen LogP contribution in [0.2, 0.25) is 10.0 Å². The number of benzene rings is 2. The second kappa shape index (κ2) is 8.71. The molecule has 2 aromatic carbocycles. The van der Waals surface area contributed by atoms with Crippen LogP contribution in [0, 0.1) is 5.82 Å². The Morgan fingerprint density at radius 3 is 2.39 bits per heavy atom. The van der Waals surface area contributed by atoms with E-state index in [1.807, 2.05) is 0 Å². The number of esters is 1. The molecule has 0 bridgehead atoms. The van der Waals surface area contributed by atoms with Gasteiger partial charge < -0.3 is 4.74 Å². The summed E-state index contributed by atoms with van der Waals surface area (Å²) in [6, 6.07) is 9.68. The molecule has 1 aliphatic heterocycles. The fourth-order valence-electron chi connectivity index (χ4n) is 2.91. The van der Waals surface area contributed by atoms with Crippen molar-refractivity contribution in [1.29, 1.82) is 0 Å². The van der Waals surface area contributed by atoms with Crippen molar-refractivity contribution in [3.63, 3.8) is 0 Å². The Morgan fingerprint density at radius 2 is 1.71 bits per heavy atom. The van der Waals surface area contributed by atoms with Gasteiger partial charge in [0.2, 0.25) is 0 Å². The van der Waals surface area contributed by atoms with E-state index in [1.165, 1.54) is 24.3 Å². The van der Waals surface area contributed by atoms with Crippen molar-refractivity contribution in [2.24, 2.45) is 0 Å². The molecule has 0 radical (unpaired) electrons. The van der Waals surface area contributed by atoms with Crippen LogP contribution in [0.25, 0.3) is 0 Å². The number of rotatable bonds is 3. The van der Waals surface area contributed by atoms with Gasteiger partial charge in [-0.15, -0.1) is 0 Å². The third-order valence-electron chi connectivity index (χ3n) is 4.38. The van der Waals surface area contributed by atoms with E-state index in [1.54, 1.807) is 12.1 Å². The van der Waals surface area contributed by atoms with Crippen LogP contribution in [0.15, 0.2) is 42.5 Å². The number of carbonyl (C=O) groups excluding carboxylic acids is 3. The summed E-state index contributed by atoms with van der Waals surface area (Å²) >= 11 is 11.5. The number of nitrogens with zero attached hydrogens (tertiary/aromatic N) is 1. The van der Waals surface area contributed by atoms with E-state index in [0.717, 1.165) is 11.0 Å². The van der Waals surface area contributed by atoms with E-state index < -0.39 is 29.7 Å². The van der Waals surface area contributed by atoms with Crippen molar-refractivity contribution in [3.05, 3.63) is 69.5 Å². The quantitative estimate of drug-likeness (QED) is 0.537. The Kier molecular flexibility index (Phi) is 6.31. The van der Waals surface area contributed by atoms with E-state index in [2.05, 4.69) is 0 Å². The van der Waals surface area contributed by atoms with Gasteiger partial charge in [-0.2, -0.15) is 0 Å². The van der Waals surface area contributed by atoms with Crippen LogP contribution >= 0.6 is 23.2 Å². The van der Waals surface area contributed by atoms with E-state index in [9.17, 15) is 18.8 Å². The van der Waals surface area contributed by atoms with Gasteiger partial charge in [-0.05, 0) is 61.7 Å². The predicted molar refractivity (Wildman–Crippen MR) is 102 cm³/mol. The molecule has 1 fully saturated rings. The second-order valence-electron chi connectivity index (χ2n) is 6.32. The Labute approximate surface area is 171 Å². The van der Waals surface area contributed by atoms with Crippen molar-refractivity contribution in [3.8, 4) is 0 Å². The molecule has 1 unspecified atom stereocenters. The van der Waals surface area contributed by atoms with Crippen LogP contribution in [-0.2, 0) is 9.53 Å². The van der Waals surface area contributed by atoms with Crippen LogP contribution in [0.1, 0.15) is 40.0 Å². The molecular weight excluding hydrogens is 408 g/mol.